The smallest absolute Gasteiger partial charge is 0.227 e. The number of aromatic nitrogens is 1. The largest absolute Gasteiger partial charge is 0.314 e. The zero-order chi connectivity index (χ0) is 16.9. The van der Waals surface area contributed by atoms with Crippen molar-refractivity contribution in [2.45, 2.75) is 45.6 Å². The predicted octanol–water partition coefficient (Wildman–Crippen LogP) is 4.67. The van der Waals surface area contributed by atoms with Crippen LogP contribution in [-0.2, 0) is 0 Å². The average molecular weight is 400 g/mol. The van der Waals surface area contributed by atoms with Crippen molar-refractivity contribution in [1.82, 2.24) is 14.8 Å². The molecule has 26 heavy (non-hydrogen) atoms. The molecule has 1 atom stereocenters. The summed E-state index contributed by atoms with van der Waals surface area (Å²) in [7, 11) is 0. The molecule has 1 aromatic heterocycles. The molecule has 0 bridgehead atoms. The number of rotatable bonds is 6. The number of carbonyl (C=O) groups is 1. The van der Waals surface area contributed by atoms with Gasteiger partial charge >= 0.3 is 0 Å². The molecule has 2 aromatic rings. The Hall–Kier alpha value is -1.07. The summed E-state index contributed by atoms with van der Waals surface area (Å²) in [6, 6.07) is 8.73. The zero-order valence-corrected chi connectivity index (χ0v) is 17.4. The molecule has 0 spiro atoms. The number of carbonyl (C=O) groups excluding carboxylic acids is 1. The Kier molecular flexibility index (Phi) is 9.66. The Labute approximate surface area is 169 Å². The fourth-order valence-electron chi connectivity index (χ4n) is 3.85. The van der Waals surface area contributed by atoms with Crippen LogP contribution in [0.5, 0.6) is 0 Å². The summed E-state index contributed by atoms with van der Waals surface area (Å²) in [6.07, 6.45) is 7.01. The van der Waals surface area contributed by atoms with E-state index >= 15 is 0 Å². The molecule has 2 heterocycles. The third kappa shape index (κ3) is 5.01. The molecule has 6 heteroatoms. The molecule has 0 unspecified atom stereocenters. The number of halogens is 2. The highest BCUT2D eigenvalue weighted by Gasteiger charge is 2.25. The Morgan fingerprint density at radius 2 is 1.85 bits per heavy atom. The number of nitrogens with zero attached hydrogens (tertiary/aromatic N) is 2. The van der Waals surface area contributed by atoms with E-state index in [0.717, 1.165) is 31.7 Å². The van der Waals surface area contributed by atoms with Crippen LogP contribution in [0.3, 0.4) is 0 Å². The lowest BCUT2D eigenvalue weighted by atomic mass is 9.97. The first kappa shape index (κ1) is 23.0. The molecule has 146 valence electrons. The quantitative estimate of drug-likeness (QED) is 0.716. The number of benzene rings is 1. The lowest BCUT2D eigenvalue weighted by molar-refractivity contribution is 0.0941. The number of unbranched alkanes of at least 4 members (excludes halogenated alkanes) is 2. The van der Waals surface area contributed by atoms with Crippen molar-refractivity contribution in [1.29, 1.82) is 0 Å². The van der Waals surface area contributed by atoms with Crippen LogP contribution >= 0.6 is 24.8 Å². The van der Waals surface area contributed by atoms with E-state index in [1.165, 1.54) is 36.6 Å². The van der Waals surface area contributed by atoms with Gasteiger partial charge in [-0.25, -0.2) is 0 Å². The summed E-state index contributed by atoms with van der Waals surface area (Å²) in [5.74, 6) is 0.0880. The predicted molar refractivity (Wildman–Crippen MR) is 114 cm³/mol. The zero-order valence-electron chi connectivity index (χ0n) is 15.7. The number of hydrogen-bond donors (Lipinski definition) is 1. The summed E-state index contributed by atoms with van der Waals surface area (Å²) in [5, 5.41) is 4.68. The Bertz CT molecular complexity index is 695. The van der Waals surface area contributed by atoms with Crippen LogP contribution in [0.4, 0.5) is 0 Å². The molecule has 1 N–H and O–H groups in total. The van der Waals surface area contributed by atoms with E-state index in [-0.39, 0.29) is 30.7 Å². The SMILES string of the molecule is CCCCC[C@H](c1cn(C(C)=O)c2ccccc12)N1CCNCC1.Cl.Cl. The van der Waals surface area contributed by atoms with Crippen LogP contribution < -0.4 is 5.32 Å². The minimum absolute atomic E-state index is 0. The van der Waals surface area contributed by atoms with Gasteiger partial charge in [0, 0.05) is 50.7 Å². The van der Waals surface area contributed by atoms with E-state index in [9.17, 15) is 4.79 Å². The number of piperazine rings is 1. The summed E-state index contributed by atoms with van der Waals surface area (Å²) in [6.45, 7) is 8.16. The summed E-state index contributed by atoms with van der Waals surface area (Å²) >= 11 is 0. The Morgan fingerprint density at radius 1 is 1.15 bits per heavy atom. The van der Waals surface area contributed by atoms with Crippen LogP contribution in [0.2, 0.25) is 0 Å². The Morgan fingerprint density at radius 3 is 2.50 bits per heavy atom. The molecule has 4 nitrogen and oxygen atoms in total. The van der Waals surface area contributed by atoms with Crippen LogP contribution in [-0.4, -0.2) is 41.6 Å². The van der Waals surface area contributed by atoms with Gasteiger partial charge in [-0.05, 0) is 18.1 Å². The Balaban J connectivity index is 0.00000169. The van der Waals surface area contributed by atoms with Crippen molar-refractivity contribution in [3.05, 3.63) is 36.0 Å². The van der Waals surface area contributed by atoms with Crippen molar-refractivity contribution < 1.29 is 4.79 Å². The normalized spacial score (nSPS) is 15.9. The standard InChI is InChI=1S/C20H29N3O.2ClH/c1-3-4-5-9-19(22-13-11-21-12-14-22)18-15-23(16(2)24)20-10-7-6-8-17(18)20;;/h6-8,10,15,19,21H,3-5,9,11-14H2,1-2H3;2*1H/t19-;;/m1../s1. The number of para-hydroxylation sites is 1. The van der Waals surface area contributed by atoms with Crippen molar-refractivity contribution in [2.75, 3.05) is 26.2 Å². The first-order chi connectivity index (χ1) is 11.7. The van der Waals surface area contributed by atoms with E-state index in [1.54, 1.807) is 6.92 Å². The van der Waals surface area contributed by atoms with Crippen molar-refractivity contribution >= 4 is 41.6 Å². The van der Waals surface area contributed by atoms with Crippen LogP contribution in [0.15, 0.2) is 30.5 Å². The second kappa shape index (κ2) is 10.9. The van der Waals surface area contributed by atoms with Gasteiger partial charge in [-0.2, -0.15) is 0 Å². The molecule has 1 aliphatic rings. The van der Waals surface area contributed by atoms with E-state index in [4.69, 9.17) is 0 Å². The molecule has 3 rings (SSSR count). The number of nitrogens with one attached hydrogen (secondary N) is 1. The first-order valence-electron chi connectivity index (χ1n) is 9.28. The third-order valence-corrected chi connectivity index (χ3v) is 5.11. The molecule has 1 saturated heterocycles. The van der Waals surface area contributed by atoms with Crippen molar-refractivity contribution in [3.63, 3.8) is 0 Å². The molecule has 1 fully saturated rings. The number of hydrogen-bond acceptors (Lipinski definition) is 3. The van der Waals surface area contributed by atoms with Gasteiger partial charge in [-0.3, -0.25) is 14.3 Å². The highest BCUT2D eigenvalue weighted by Crippen LogP contribution is 2.34. The maximum Gasteiger partial charge on any atom is 0.227 e. The molecule has 0 aliphatic carbocycles. The highest BCUT2D eigenvalue weighted by atomic mass is 35.5. The van der Waals surface area contributed by atoms with Gasteiger partial charge < -0.3 is 5.32 Å². The maximum atomic E-state index is 12.1. The molecular weight excluding hydrogens is 369 g/mol. The minimum atomic E-state index is 0. The fourth-order valence-corrected chi connectivity index (χ4v) is 3.85. The number of fused-ring (bicyclic) bond motifs is 1. The van der Waals surface area contributed by atoms with Gasteiger partial charge in [0.15, 0.2) is 0 Å². The molecule has 1 aliphatic heterocycles. The van der Waals surface area contributed by atoms with Gasteiger partial charge in [-0.15, -0.1) is 24.8 Å². The van der Waals surface area contributed by atoms with E-state index in [0.29, 0.717) is 6.04 Å². The maximum absolute atomic E-state index is 12.1. The van der Waals surface area contributed by atoms with Crippen LogP contribution in [0.1, 0.15) is 55.9 Å². The van der Waals surface area contributed by atoms with Gasteiger partial charge in [-0.1, -0.05) is 44.4 Å². The molecule has 0 radical (unpaired) electrons. The van der Waals surface area contributed by atoms with Gasteiger partial charge in [0.25, 0.3) is 0 Å². The summed E-state index contributed by atoms with van der Waals surface area (Å²) in [4.78, 5) is 14.7. The van der Waals surface area contributed by atoms with Crippen LogP contribution in [0.25, 0.3) is 10.9 Å². The summed E-state index contributed by atoms with van der Waals surface area (Å²) in [5.41, 5.74) is 2.36. The molecule has 0 amide bonds. The lowest BCUT2D eigenvalue weighted by Crippen LogP contribution is -2.45. The molecule has 0 saturated carbocycles. The van der Waals surface area contributed by atoms with Gasteiger partial charge in [0.05, 0.1) is 5.52 Å². The van der Waals surface area contributed by atoms with Crippen molar-refractivity contribution in [2.24, 2.45) is 0 Å². The molecule has 1 aromatic carbocycles. The van der Waals surface area contributed by atoms with Crippen LogP contribution in [0, 0.1) is 0 Å². The van der Waals surface area contributed by atoms with Crippen molar-refractivity contribution in [3.8, 4) is 0 Å². The average Bonchev–Trinajstić information content (AvgIpc) is 2.99. The molecular formula is C20H31Cl2N3O. The minimum Gasteiger partial charge on any atom is -0.314 e. The van der Waals surface area contributed by atoms with E-state index < -0.39 is 0 Å². The lowest BCUT2D eigenvalue weighted by Gasteiger charge is -2.35. The van der Waals surface area contributed by atoms with Gasteiger partial charge in [0.2, 0.25) is 5.91 Å². The fraction of sp³-hybridized carbons (Fsp3) is 0.550. The third-order valence-electron chi connectivity index (χ3n) is 5.11. The topological polar surface area (TPSA) is 37.3 Å². The second-order valence-corrected chi connectivity index (χ2v) is 6.79. The van der Waals surface area contributed by atoms with E-state index in [2.05, 4.69) is 41.5 Å². The first-order valence-corrected chi connectivity index (χ1v) is 9.28. The van der Waals surface area contributed by atoms with E-state index in [1.807, 2.05) is 10.6 Å². The summed E-state index contributed by atoms with van der Waals surface area (Å²) < 4.78 is 1.82. The highest BCUT2D eigenvalue weighted by molar-refractivity contribution is 5.93. The monoisotopic (exact) mass is 399 g/mol. The van der Waals surface area contributed by atoms with Gasteiger partial charge in [0.1, 0.15) is 0 Å². The second-order valence-electron chi connectivity index (χ2n) is 6.79.